The third-order valence-corrected chi connectivity index (χ3v) is 5.71. The monoisotopic (exact) mass is 383 g/mol. The molecule has 1 heterocycles. The van der Waals surface area contributed by atoms with E-state index < -0.39 is 5.91 Å². The van der Waals surface area contributed by atoms with Crippen LogP contribution in [0.4, 0.5) is 0 Å². The molecule has 0 fully saturated rings. The molecule has 4 rings (SSSR count). The first-order valence-corrected chi connectivity index (χ1v) is 10.5. The molecular formula is C26H27N2O. The van der Waals surface area contributed by atoms with E-state index in [1.165, 1.54) is 16.7 Å². The van der Waals surface area contributed by atoms with Crippen LogP contribution in [0.15, 0.2) is 54.6 Å². The normalized spacial score (nSPS) is 11.4. The summed E-state index contributed by atoms with van der Waals surface area (Å²) < 4.78 is 2.30. The number of aromatic nitrogens is 1. The smallest absolute Gasteiger partial charge is 0.249 e. The second kappa shape index (κ2) is 8.12. The molecule has 2 N–H and O–H groups in total. The Hall–Kier alpha value is -3.07. The van der Waals surface area contributed by atoms with Gasteiger partial charge in [0.05, 0.1) is 11.0 Å². The van der Waals surface area contributed by atoms with E-state index in [0.29, 0.717) is 5.56 Å². The summed E-state index contributed by atoms with van der Waals surface area (Å²) in [5.41, 5.74) is 12.3. The van der Waals surface area contributed by atoms with Crippen LogP contribution in [-0.4, -0.2) is 10.5 Å². The summed E-state index contributed by atoms with van der Waals surface area (Å²) in [4.78, 5) is 12.1. The maximum atomic E-state index is 12.1. The summed E-state index contributed by atoms with van der Waals surface area (Å²) in [5, 5.41) is 1.88. The molecule has 0 atom stereocenters. The highest BCUT2D eigenvalue weighted by Gasteiger charge is 2.17. The van der Waals surface area contributed by atoms with Crippen molar-refractivity contribution in [2.45, 2.75) is 46.1 Å². The highest BCUT2D eigenvalue weighted by atomic mass is 16.1. The van der Waals surface area contributed by atoms with Gasteiger partial charge < -0.3 is 10.3 Å². The first-order chi connectivity index (χ1) is 14.1. The third-order valence-electron chi connectivity index (χ3n) is 5.71. The molecule has 3 aromatic carbocycles. The van der Waals surface area contributed by atoms with Crippen LogP contribution in [0.5, 0.6) is 0 Å². The number of carbonyl (C=O) groups is 1. The van der Waals surface area contributed by atoms with Gasteiger partial charge in [0.15, 0.2) is 0 Å². The van der Waals surface area contributed by atoms with Crippen LogP contribution < -0.4 is 5.73 Å². The zero-order valence-corrected chi connectivity index (χ0v) is 17.2. The Labute approximate surface area is 172 Å². The zero-order chi connectivity index (χ0) is 20.4. The summed E-state index contributed by atoms with van der Waals surface area (Å²) in [7, 11) is 0. The summed E-state index contributed by atoms with van der Waals surface area (Å²) in [6.07, 6.45) is 4.40. The molecule has 3 heteroatoms. The van der Waals surface area contributed by atoms with Crippen molar-refractivity contribution in [2.24, 2.45) is 5.73 Å². The number of fused-ring (bicyclic) bond motifs is 3. The lowest BCUT2D eigenvalue weighted by molar-refractivity contribution is 0.100. The average Bonchev–Trinajstić information content (AvgIpc) is 3.05. The largest absolute Gasteiger partial charge is 0.366 e. The number of nitrogens with two attached hydrogens (primary N) is 1. The van der Waals surface area contributed by atoms with E-state index in [2.05, 4.69) is 66.9 Å². The Morgan fingerprint density at radius 1 is 1.00 bits per heavy atom. The Morgan fingerprint density at radius 2 is 1.76 bits per heavy atom. The van der Waals surface area contributed by atoms with Gasteiger partial charge in [0.25, 0.3) is 0 Å². The number of nitrogens with zero attached hydrogens (tertiary/aromatic N) is 1. The molecule has 0 unspecified atom stereocenters. The standard InChI is InChI=1S/C26H27N2O/c1-3-5-7-19-14-15-21-24(16-19)28(17-20-12-10-18(4-2)11-13-20)23-9-6-8-22(25(21)23)26(27)29/h6,8-14,16H,3-5,7,17H2,1-2H3,(H2,27,29). The van der Waals surface area contributed by atoms with Crippen LogP contribution in [0.25, 0.3) is 21.8 Å². The first-order valence-electron chi connectivity index (χ1n) is 10.5. The fourth-order valence-corrected chi connectivity index (χ4v) is 4.06. The second-order valence-electron chi connectivity index (χ2n) is 7.69. The number of hydrogen-bond donors (Lipinski definition) is 1. The second-order valence-corrected chi connectivity index (χ2v) is 7.69. The molecule has 0 aliphatic carbocycles. The van der Waals surface area contributed by atoms with Gasteiger partial charge >= 0.3 is 0 Å². The molecule has 0 saturated heterocycles. The average molecular weight is 384 g/mol. The number of hydrogen-bond acceptors (Lipinski definition) is 1. The van der Waals surface area contributed by atoms with Gasteiger partial charge in [-0.15, -0.1) is 0 Å². The fourth-order valence-electron chi connectivity index (χ4n) is 4.06. The van der Waals surface area contributed by atoms with Gasteiger partial charge in [0.2, 0.25) is 5.91 Å². The number of benzene rings is 3. The van der Waals surface area contributed by atoms with Crippen LogP contribution in [-0.2, 0) is 19.4 Å². The van der Waals surface area contributed by atoms with Gasteiger partial charge in [-0.25, -0.2) is 0 Å². The van der Waals surface area contributed by atoms with Crippen molar-refractivity contribution in [1.82, 2.24) is 4.57 Å². The molecule has 0 spiro atoms. The highest BCUT2D eigenvalue weighted by Crippen LogP contribution is 2.33. The summed E-state index contributed by atoms with van der Waals surface area (Å²) >= 11 is 0. The molecular weight excluding hydrogens is 356 g/mol. The lowest BCUT2D eigenvalue weighted by atomic mass is 10.0. The maximum Gasteiger partial charge on any atom is 0.249 e. The van der Waals surface area contributed by atoms with Crippen LogP contribution >= 0.6 is 0 Å². The number of unbranched alkanes of at least 4 members (excludes halogenated alkanes) is 1. The van der Waals surface area contributed by atoms with Gasteiger partial charge in [-0.05, 0) is 60.2 Å². The van der Waals surface area contributed by atoms with Gasteiger partial charge in [-0.2, -0.15) is 0 Å². The minimum Gasteiger partial charge on any atom is -0.366 e. The number of primary amides is 1. The molecule has 0 aliphatic heterocycles. The summed E-state index contributed by atoms with van der Waals surface area (Å²) in [6.45, 7) is 5.12. The van der Waals surface area contributed by atoms with E-state index in [4.69, 9.17) is 5.73 Å². The Bertz CT molecular complexity index is 1170. The third kappa shape index (κ3) is 3.65. The minimum absolute atomic E-state index is 0.398. The number of rotatable bonds is 7. The summed E-state index contributed by atoms with van der Waals surface area (Å²) in [5.74, 6) is -0.398. The minimum atomic E-state index is -0.398. The molecule has 1 amide bonds. The van der Waals surface area contributed by atoms with Crippen molar-refractivity contribution in [3.63, 3.8) is 0 Å². The number of amides is 1. The van der Waals surface area contributed by atoms with Crippen molar-refractivity contribution in [1.29, 1.82) is 0 Å². The summed E-state index contributed by atoms with van der Waals surface area (Å²) in [6, 6.07) is 22.3. The SMILES string of the molecule is CCCCc1c[c]c2c3c(C(N)=O)cccc3n(Cc3ccc(CC)cc3)c2c1. The van der Waals surface area contributed by atoms with E-state index in [-0.39, 0.29) is 0 Å². The van der Waals surface area contributed by atoms with Crippen molar-refractivity contribution >= 4 is 27.7 Å². The first kappa shape index (κ1) is 19.3. The quantitative estimate of drug-likeness (QED) is 0.441. The predicted octanol–water partition coefficient (Wildman–Crippen LogP) is 5.65. The number of aryl methyl sites for hydroxylation is 2. The van der Waals surface area contributed by atoms with E-state index in [1.54, 1.807) is 0 Å². The predicted molar refractivity (Wildman–Crippen MR) is 120 cm³/mol. The highest BCUT2D eigenvalue weighted by molar-refractivity contribution is 6.17. The Kier molecular flexibility index (Phi) is 5.39. The van der Waals surface area contributed by atoms with Gasteiger partial charge in [0.1, 0.15) is 0 Å². The van der Waals surface area contributed by atoms with E-state index in [1.807, 2.05) is 12.1 Å². The molecule has 1 aromatic heterocycles. The number of carbonyl (C=O) groups excluding carboxylic acids is 1. The van der Waals surface area contributed by atoms with E-state index >= 15 is 0 Å². The molecule has 0 saturated carbocycles. The molecule has 29 heavy (non-hydrogen) atoms. The zero-order valence-electron chi connectivity index (χ0n) is 17.2. The van der Waals surface area contributed by atoms with E-state index in [9.17, 15) is 4.79 Å². The fraction of sp³-hybridized carbons (Fsp3) is 0.269. The van der Waals surface area contributed by atoms with Crippen molar-refractivity contribution in [3.8, 4) is 0 Å². The Balaban J connectivity index is 1.92. The molecule has 0 bridgehead atoms. The lowest BCUT2D eigenvalue weighted by Crippen LogP contribution is -2.11. The molecule has 147 valence electrons. The van der Waals surface area contributed by atoms with Crippen LogP contribution in [0.3, 0.4) is 0 Å². The Morgan fingerprint density at radius 3 is 2.45 bits per heavy atom. The van der Waals surface area contributed by atoms with Crippen LogP contribution in [0, 0.1) is 6.07 Å². The molecule has 3 nitrogen and oxygen atoms in total. The van der Waals surface area contributed by atoms with Crippen molar-refractivity contribution in [3.05, 3.63) is 82.9 Å². The maximum absolute atomic E-state index is 12.1. The molecule has 0 aliphatic rings. The van der Waals surface area contributed by atoms with Gasteiger partial charge in [-0.1, -0.05) is 56.7 Å². The van der Waals surface area contributed by atoms with Crippen molar-refractivity contribution in [2.75, 3.05) is 0 Å². The van der Waals surface area contributed by atoms with Gasteiger partial charge in [0, 0.05) is 22.9 Å². The van der Waals surface area contributed by atoms with Crippen molar-refractivity contribution < 1.29 is 4.79 Å². The topological polar surface area (TPSA) is 48.0 Å². The molecule has 4 aromatic rings. The van der Waals surface area contributed by atoms with Crippen LogP contribution in [0.1, 0.15) is 53.7 Å². The van der Waals surface area contributed by atoms with Gasteiger partial charge in [-0.3, -0.25) is 4.79 Å². The van der Waals surface area contributed by atoms with Crippen LogP contribution in [0.2, 0.25) is 0 Å². The molecule has 1 radical (unpaired) electrons. The van der Waals surface area contributed by atoms with E-state index in [0.717, 1.165) is 54.0 Å². The lowest BCUT2D eigenvalue weighted by Gasteiger charge is -2.10.